The van der Waals surface area contributed by atoms with Gasteiger partial charge in [-0.2, -0.15) is 0 Å². The van der Waals surface area contributed by atoms with E-state index in [0.29, 0.717) is 11.8 Å². The third-order valence-electron chi connectivity index (χ3n) is 4.18. The predicted octanol–water partition coefficient (Wildman–Crippen LogP) is 3.67. The Morgan fingerprint density at radius 1 is 1.16 bits per heavy atom. The fourth-order valence-electron chi connectivity index (χ4n) is 2.65. The van der Waals surface area contributed by atoms with E-state index in [9.17, 15) is 9.59 Å². The Kier molecular flexibility index (Phi) is 4.79. The van der Waals surface area contributed by atoms with E-state index in [4.69, 9.17) is 4.42 Å². The maximum atomic E-state index is 12.3. The zero-order valence-electron chi connectivity index (χ0n) is 14.7. The van der Waals surface area contributed by atoms with Crippen LogP contribution in [0, 0.1) is 13.8 Å². The summed E-state index contributed by atoms with van der Waals surface area (Å²) < 4.78 is 5.45. The number of carbonyl (C=O) groups is 2. The number of hydrogen-bond donors (Lipinski definition) is 3. The van der Waals surface area contributed by atoms with Crippen LogP contribution in [0.5, 0.6) is 0 Å². The molecule has 2 aromatic rings. The predicted molar refractivity (Wildman–Crippen MR) is 95.7 cm³/mol. The molecule has 1 aromatic carbocycles. The summed E-state index contributed by atoms with van der Waals surface area (Å²) in [4.78, 5) is 24.0. The Morgan fingerprint density at radius 3 is 2.40 bits per heavy atom. The van der Waals surface area contributed by atoms with E-state index in [1.165, 1.54) is 0 Å². The highest BCUT2D eigenvalue weighted by Gasteiger charge is 2.23. The molecule has 132 valence electrons. The van der Waals surface area contributed by atoms with Gasteiger partial charge in [0.2, 0.25) is 0 Å². The van der Waals surface area contributed by atoms with Gasteiger partial charge < -0.3 is 20.4 Å². The van der Waals surface area contributed by atoms with Gasteiger partial charge in [-0.3, -0.25) is 4.79 Å². The summed E-state index contributed by atoms with van der Waals surface area (Å²) in [6.45, 7) is 5.58. The molecule has 3 N–H and O–H groups in total. The van der Waals surface area contributed by atoms with Crippen molar-refractivity contribution in [3.63, 3.8) is 0 Å². The second-order valence-corrected chi connectivity index (χ2v) is 6.56. The second-order valence-electron chi connectivity index (χ2n) is 6.56. The molecular formula is C19H23N3O3. The lowest BCUT2D eigenvalue weighted by atomic mass is 10.1. The van der Waals surface area contributed by atoms with E-state index >= 15 is 0 Å². The van der Waals surface area contributed by atoms with E-state index < -0.39 is 0 Å². The summed E-state index contributed by atoms with van der Waals surface area (Å²) in [6, 6.07) is 9.23. The highest BCUT2D eigenvalue weighted by molar-refractivity contribution is 5.93. The van der Waals surface area contributed by atoms with E-state index in [1.54, 1.807) is 0 Å². The van der Waals surface area contributed by atoms with Crippen molar-refractivity contribution < 1.29 is 14.0 Å². The Labute approximate surface area is 147 Å². The zero-order valence-corrected chi connectivity index (χ0v) is 14.7. The molecule has 0 bridgehead atoms. The first-order chi connectivity index (χ1) is 11.9. The third kappa shape index (κ3) is 4.41. The van der Waals surface area contributed by atoms with Crippen LogP contribution in [0.15, 0.2) is 34.7 Å². The SMILES string of the molecule is Cc1cc(C)c(C(=O)N[C@H](C)c2ccc(NC(=O)NC3CC3)cc2)o1. The highest BCUT2D eigenvalue weighted by atomic mass is 16.3. The van der Waals surface area contributed by atoms with Crippen LogP contribution in [0.1, 0.15) is 53.2 Å². The van der Waals surface area contributed by atoms with Crippen molar-refractivity contribution in [3.8, 4) is 0 Å². The normalized spacial score (nSPS) is 14.7. The molecule has 0 radical (unpaired) electrons. The minimum atomic E-state index is -0.232. The molecule has 0 unspecified atom stereocenters. The first kappa shape index (κ1) is 17.1. The van der Waals surface area contributed by atoms with Gasteiger partial charge in [0.1, 0.15) is 5.76 Å². The zero-order chi connectivity index (χ0) is 18.0. The van der Waals surface area contributed by atoms with Gasteiger partial charge in [0.05, 0.1) is 6.04 Å². The monoisotopic (exact) mass is 341 g/mol. The van der Waals surface area contributed by atoms with Crippen LogP contribution in [0.3, 0.4) is 0 Å². The summed E-state index contributed by atoms with van der Waals surface area (Å²) in [5.41, 5.74) is 2.49. The fourth-order valence-corrected chi connectivity index (χ4v) is 2.65. The van der Waals surface area contributed by atoms with Gasteiger partial charge in [0.25, 0.3) is 5.91 Å². The van der Waals surface area contributed by atoms with Crippen LogP contribution in [0.2, 0.25) is 0 Å². The lowest BCUT2D eigenvalue weighted by Crippen LogP contribution is -2.30. The summed E-state index contributed by atoms with van der Waals surface area (Å²) in [5, 5.41) is 8.61. The molecule has 1 saturated carbocycles. The van der Waals surface area contributed by atoms with Crippen LogP contribution >= 0.6 is 0 Å². The smallest absolute Gasteiger partial charge is 0.319 e. The molecule has 3 amide bonds. The molecule has 1 atom stereocenters. The molecule has 6 nitrogen and oxygen atoms in total. The number of urea groups is 1. The first-order valence-corrected chi connectivity index (χ1v) is 8.48. The quantitative estimate of drug-likeness (QED) is 0.776. The van der Waals surface area contributed by atoms with E-state index in [2.05, 4.69) is 16.0 Å². The maximum absolute atomic E-state index is 12.3. The van der Waals surface area contributed by atoms with Crippen LogP contribution < -0.4 is 16.0 Å². The molecule has 1 heterocycles. The van der Waals surface area contributed by atoms with Crippen LogP contribution in [0.4, 0.5) is 10.5 Å². The topological polar surface area (TPSA) is 83.4 Å². The number of rotatable bonds is 5. The highest BCUT2D eigenvalue weighted by Crippen LogP contribution is 2.20. The molecule has 6 heteroatoms. The van der Waals surface area contributed by atoms with Gasteiger partial charge in [-0.05, 0) is 57.4 Å². The molecule has 0 spiro atoms. The summed E-state index contributed by atoms with van der Waals surface area (Å²) in [7, 11) is 0. The van der Waals surface area contributed by atoms with Crippen molar-refractivity contribution in [1.29, 1.82) is 0 Å². The summed E-state index contributed by atoms with van der Waals surface area (Å²) in [5.74, 6) is 0.832. The van der Waals surface area contributed by atoms with Crippen molar-refractivity contribution in [3.05, 3.63) is 53.0 Å². The lowest BCUT2D eigenvalue weighted by Gasteiger charge is -2.14. The van der Waals surface area contributed by atoms with E-state index in [-0.39, 0.29) is 18.0 Å². The minimum Gasteiger partial charge on any atom is -0.456 e. The molecule has 0 aliphatic heterocycles. The Morgan fingerprint density at radius 2 is 1.84 bits per heavy atom. The van der Waals surface area contributed by atoms with Gasteiger partial charge in [0.15, 0.2) is 5.76 Å². The lowest BCUT2D eigenvalue weighted by molar-refractivity contribution is 0.0909. The molecule has 25 heavy (non-hydrogen) atoms. The van der Waals surface area contributed by atoms with Gasteiger partial charge in [-0.25, -0.2) is 4.79 Å². The van der Waals surface area contributed by atoms with E-state index in [1.807, 2.05) is 51.1 Å². The number of nitrogens with one attached hydrogen (secondary N) is 3. The van der Waals surface area contributed by atoms with Crippen LogP contribution in [-0.4, -0.2) is 18.0 Å². The number of amides is 3. The maximum Gasteiger partial charge on any atom is 0.319 e. The summed E-state index contributed by atoms with van der Waals surface area (Å²) in [6.07, 6.45) is 2.11. The molecule has 1 aliphatic rings. The Balaban J connectivity index is 1.58. The standard InChI is InChI=1S/C19H23N3O3/c1-11-10-12(2)25-17(11)18(23)20-13(3)14-4-6-15(7-5-14)21-19(24)22-16-8-9-16/h4-7,10,13,16H,8-9H2,1-3H3,(H,20,23)(H2,21,22,24)/t13-/m1/s1. The minimum absolute atomic E-state index is 0.174. The van der Waals surface area contributed by atoms with Crippen molar-refractivity contribution in [2.45, 2.75) is 45.7 Å². The largest absolute Gasteiger partial charge is 0.456 e. The molecule has 1 fully saturated rings. The second kappa shape index (κ2) is 7.01. The number of anilines is 1. The fraction of sp³-hybridized carbons (Fsp3) is 0.368. The molecule has 1 aliphatic carbocycles. The number of aryl methyl sites for hydroxylation is 2. The van der Waals surface area contributed by atoms with Gasteiger partial charge >= 0.3 is 6.03 Å². The van der Waals surface area contributed by atoms with Crippen molar-refractivity contribution in [2.75, 3.05) is 5.32 Å². The van der Waals surface area contributed by atoms with Gasteiger partial charge in [-0.15, -0.1) is 0 Å². The summed E-state index contributed by atoms with van der Waals surface area (Å²) >= 11 is 0. The Bertz CT molecular complexity index is 776. The molecule has 1 aromatic heterocycles. The first-order valence-electron chi connectivity index (χ1n) is 8.48. The average molecular weight is 341 g/mol. The van der Waals surface area contributed by atoms with Gasteiger partial charge in [0, 0.05) is 17.3 Å². The van der Waals surface area contributed by atoms with Crippen molar-refractivity contribution >= 4 is 17.6 Å². The van der Waals surface area contributed by atoms with Crippen LogP contribution in [-0.2, 0) is 0 Å². The van der Waals surface area contributed by atoms with Crippen molar-refractivity contribution in [1.82, 2.24) is 10.6 Å². The third-order valence-corrected chi connectivity index (χ3v) is 4.18. The van der Waals surface area contributed by atoms with E-state index in [0.717, 1.165) is 35.4 Å². The number of hydrogen-bond acceptors (Lipinski definition) is 3. The van der Waals surface area contributed by atoms with Gasteiger partial charge in [-0.1, -0.05) is 12.1 Å². The molecule has 3 rings (SSSR count). The number of benzene rings is 1. The molecular weight excluding hydrogens is 318 g/mol. The van der Waals surface area contributed by atoms with Crippen molar-refractivity contribution in [2.24, 2.45) is 0 Å². The average Bonchev–Trinajstić information content (AvgIpc) is 3.29. The number of carbonyl (C=O) groups excluding carboxylic acids is 2. The molecule has 0 saturated heterocycles. The van der Waals surface area contributed by atoms with Crippen LogP contribution in [0.25, 0.3) is 0 Å². The Hall–Kier alpha value is -2.76. The number of furan rings is 1.